The van der Waals surface area contributed by atoms with Gasteiger partial charge in [-0.15, -0.1) is 6.58 Å². The van der Waals surface area contributed by atoms with Crippen LogP contribution in [0.3, 0.4) is 0 Å². The van der Waals surface area contributed by atoms with Gasteiger partial charge in [-0.3, -0.25) is 0 Å². The summed E-state index contributed by atoms with van der Waals surface area (Å²) in [6, 6.07) is 3.15. The summed E-state index contributed by atoms with van der Waals surface area (Å²) in [4.78, 5) is 1.93. The molecule has 0 fully saturated rings. The quantitative estimate of drug-likeness (QED) is 0.793. The largest absolute Gasteiger partial charge is 0.389 e. The van der Waals surface area contributed by atoms with Crippen LogP contribution in [0.25, 0.3) is 0 Å². The molecule has 1 aromatic rings. The van der Waals surface area contributed by atoms with Gasteiger partial charge in [-0.1, -0.05) is 6.08 Å². The minimum atomic E-state index is -0.683. The maximum absolute atomic E-state index is 13.4. The summed E-state index contributed by atoms with van der Waals surface area (Å²) in [5, 5.41) is 9.62. The highest BCUT2D eigenvalue weighted by Gasteiger charge is 2.14. The second-order valence-corrected chi connectivity index (χ2v) is 4.01. The zero-order valence-corrected chi connectivity index (χ0v) is 10.00. The molecule has 0 aliphatic rings. The minimum absolute atomic E-state index is 0.286. The Bertz CT molecular complexity index is 388. The Labute approximate surface area is 96.0 Å². The first-order valence-corrected chi connectivity index (χ1v) is 5.27. The third kappa shape index (κ3) is 2.61. The fourth-order valence-electron chi connectivity index (χ4n) is 1.64. The summed E-state index contributed by atoms with van der Waals surface area (Å²) in [5.41, 5.74) is 2.02. The molecule has 2 nitrogen and oxygen atoms in total. The molecule has 1 rings (SSSR count). The number of halogens is 1. The van der Waals surface area contributed by atoms with Gasteiger partial charge >= 0.3 is 0 Å². The zero-order valence-electron chi connectivity index (χ0n) is 10.00. The molecule has 0 heterocycles. The number of aliphatic hydroxyl groups is 1. The fraction of sp³-hybridized carbons (Fsp3) is 0.385. The monoisotopic (exact) mass is 223 g/mol. The lowest BCUT2D eigenvalue weighted by molar-refractivity contribution is 0.199. The Morgan fingerprint density at radius 1 is 1.56 bits per heavy atom. The number of anilines is 1. The summed E-state index contributed by atoms with van der Waals surface area (Å²) in [7, 11) is 1.89. The van der Waals surface area contributed by atoms with Crippen LogP contribution in [0.15, 0.2) is 24.8 Å². The van der Waals surface area contributed by atoms with Crippen LogP contribution in [0.2, 0.25) is 0 Å². The summed E-state index contributed by atoms with van der Waals surface area (Å²) >= 11 is 0. The van der Waals surface area contributed by atoms with Crippen molar-refractivity contribution in [3.63, 3.8) is 0 Å². The maximum atomic E-state index is 13.4. The summed E-state index contributed by atoms with van der Waals surface area (Å²) < 4.78 is 13.4. The number of aliphatic hydroxyl groups excluding tert-OH is 1. The van der Waals surface area contributed by atoms with Crippen LogP contribution in [0.4, 0.5) is 10.1 Å². The van der Waals surface area contributed by atoms with Crippen LogP contribution < -0.4 is 4.90 Å². The van der Waals surface area contributed by atoms with Crippen LogP contribution in [0.5, 0.6) is 0 Å². The van der Waals surface area contributed by atoms with E-state index in [2.05, 4.69) is 6.58 Å². The zero-order chi connectivity index (χ0) is 12.3. The lowest BCUT2D eigenvalue weighted by Crippen LogP contribution is -2.19. The minimum Gasteiger partial charge on any atom is -0.389 e. The summed E-state index contributed by atoms with van der Waals surface area (Å²) in [6.07, 6.45) is 1.09. The van der Waals surface area contributed by atoms with Gasteiger partial charge in [-0.2, -0.15) is 0 Å². The van der Waals surface area contributed by atoms with Gasteiger partial charge in [-0.05, 0) is 31.5 Å². The smallest absolute Gasteiger partial charge is 0.126 e. The molecule has 16 heavy (non-hydrogen) atoms. The van der Waals surface area contributed by atoms with Crippen LogP contribution in [0.1, 0.15) is 24.2 Å². The van der Waals surface area contributed by atoms with E-state index in [4.69, 9.17) is 0 Å². The topological polar surface area (TPSA) is 23.5 Å². The molecule has 0 aromatic heterocycles. The van der Waals surface area contributed by atoms with Gasteiger partial charge in [-0.25, -0.2) is 4.39 Å². The number of hydrogen-bond donors (Lipinski definition) is 1. The molecular weight excluding hydrogens is 205 g/mol. The average molecular weight is 223 g/mol. The molecule has 0 aliphatic carbocycles. The van der Waals surface area contributed by atoms with Crippen LogP contribution in [-0.2, 0) is 0 Å². The highest BCUT2D eigenvalue weighted by molar-refractivity contribution is 5.56. The highest BCUT2D eigenvalue weighted by Crippen LogP contribution is 2.28. The number of likely N-dealkylation sites (N-methyl/N-ethyl adjacent to an activating group) is 1. The van der Waals surface area contributed by atoms with Gasteiger partial charge < -0.3 is 10.0 Å². The van der Waals surface area contributed by atoms with E-state index < -0.39 is 6.10 Å². The summed E-state index contributed by atoms with van der Waals surface area (Å²) in [6.45, 7) is 7.67. The van der Waals surface area contributed by atoms with Crippen molar-refractivity contribution in [3.05, 3.63) is 41.7 Å². The van der Waals surface area contributed by atoms with E-state index in [1.54, 1.807) is 26.0 Å². The van der Waals surface area contributed by atoms with E-state index in [0.717, 1.165) is 5.69 Å². The number of rotatable bonds is 4. The van der Waals surface area contributed by atoms with Crippen molar-refractivity contribution in [2.75, 3.05) is 18.5 Å². The van der Waals surface area contributed by atoms with Gasteiger partial charge in [0.2, 0.25) is 0 Å². The number of benzene rings is 1. The van der Waals surface area contributed by atoms with Crippen molar-refractivity contribution < 1.29 is 9.50 Å². The predicted octanol–water partition coefficient (Wildman–Crippen LogP) is 2.81. The SMILES string of the molecule is C=CCN(C)c1cc(C)c(F)cc1C(C)O. The van der Waals surface area contributed by atoms with E-state index in [1.165, 1.54) is 6.07 Å². The predicted molar refractivity (Wildman–Crippen MR) is 65.2 cm³/mol. The van der Waals surface area contributed by atoms with Crippen molar-refractivity contribution in [2.45, 2.75) is 20.0 Å². The Morgan fingerprint density at radius 3 is 2.69 bits per heavy atom. The van der Waals surface area contributed by atoms with Crippen molar-refractivity contribution in [3.8, 4) is 0 Å². The van der Waals surface area contributed by atoms with Crippen molar-refractivity contribution in [1.82, 2.24) is 0 Å². The van der Waals surface area contributed by atoms with Crippen molar-refractivity contribution >= 4 is 5.69 Å². The average Bonchev–Trinajstić information content (AvgIpc) is 2.21. The third-order valence-electron chi connectivity index (χ3n) is 2.57. The Morgan fingerprint density at radius 2 is 2.19 bits per heavy atom. The number of aryl methyl sites for hydroxylation is 1. The molecule has 3 heteroatoms. The molecule has 1 aromatic carbocycles. The Kier molecular flexibility index (Phi) is 4.07. The van der Waals surface area contributed by atoms with E-state index in [0.29, 0.717) is 17.7 Å². The van der Waals surface area contributed by atoms with Gasteiger partial charge in [0, 0.05) is 24.8 Å². The Hall–Kier alpha value is -1.35. The molecule has 0 saturated heterocycles. The third-order valence-corrected chi connectivity index (χ3v) is 2.57. The lowest BCUT2D eigenvalue weighted by Gasteiger charge is -2.23. The summed E-state index contributed by atoms with van der Waals surface area (Å²) in [5.74, 6) is -0.286. The van der Waals surface area contributed by atoms with Gasteiger partial charge in [0.15, 0.2) is 0 Å². The first-order chi connectivity index (χ1) is 7.47. The first-order valence-electron chi connectivity index (χ1n) is 5.27. The van der Waals surface area contributed by atoms with Crippen molar-refractivity contribution in [2.24, 2.45) is 0 Å². The van der Waals surface area contributed by atoms with Gasteiger partial charge in [0.25, 0.3) is 0 Å². The number of nitrogens with zero attached hydrogens (tertiary/aromatic N) is 1. The van der Waals surface area contributed by atoms with Crippen LogP contribution >= 0.6 is 0 Å². The molecule has 0 bridgehead atoms. The van der Waals surface area contributed by atoms with Crippen LogP contribution in [0, 0.1) is 12.7 Å². The van der Waals surface area contributed by atoms with Gasteiger partial charge in [0.1, 0.15) is 5.82 Å². The molecule has 1 unspecified atom stereocenters. The second kappa shape index (κ2) is 5.12. The standard InChI is InChI=1S/C13H18FNO/c1-5-6-15(4)13-7-9(2)12(14)8-11(13)10(3)16/h5,7-8,10,16H,1,6H2,2-4H3. The molecule has 88 valence electrons. The molecule has 0 amide bonds. The molecule has 1 N–H and O–H groups in total. The molecule has 0 aliphatic heterocycles. The molecule has 0 spiro atoms. The number of hydrogen-bond acceptors (Lipinski definition) is 2. The van der Waals surface area contributed by atoms with E-state index >= 15 is 0 Å². The molecule has 0 saturated carbocycles. The van der Waals surface area contributed by atoms with Crippen LogP contribution in [-0.4, -0.2) is 18.7 Å². The normalized spacial score (nSPS) is 12.3. The van der Waals surface area contributed by atoms with E-state index in [-0.39, 0.29) is 5.82 Å². The Balaban J connectivity index is 3.24. The molecular formula is C13H18FNO. The highest BCUT2D eigenvalue weighted by atomic mass is 19.1. The van der Waals surface area contributed by atoms with Crippen molar-refractivity contribution in [1.29, 1.82) is 0 Å². The van der Waals surface area contributed by atoms with E-state index in [9.17, 15) is 9.50 Å². The maximum Gasteiger partial charge on any atom is 0.126 e. The van der Waals surface area contributed by atoms with Gasteiger partial charge in [0.05, 0.1) is 6.10 Å². The molecule has 0 radical (unpaired) electrons. The fourth-order valence-corrected chi connectivity index (χ4v) is 1.64. The lowest BCUT2D eigenvalue weighted by atomic mass is 10.0. The second-order valence-electron chi connectivity index (χ2n) is 4.01. The first kappa shape index (κ1) is 12.7. The molecule has 1 atom stereocenters. The van der Waals surface area contributed by atoms with E-state index in [1.807, 2.05) is 11.9 Å².